The van der Waals surface area contributed by atoms with E-state index in [1.54, 1.807) is 22.5 Å². The van der Waals surface area contributed by atoms with Gasteiger partial charge in [0.25, 0.3) is 0 Å². The zero-order valence-corrected chi connectivity index (χ0v) is 21.0. The summed E-state index contributed by atoms with van der Waals surface area (Å²) in [6.45, 7) is 0.416. The molecule has 0 saturated carbocycles. The molecule has 0 radical (unpaired) electrons. The second-order valence-electron chi connectivity index (χ2n) is 10.1. The van der Waals surface area contributed by atoms with Crippen LogP contribution in [0.5, 0.6) is 0 Å². The normalized spacial score (nSPS) is 24.0. The summed E-state index contributed by atoms with van der Waals surface area (Å²) >= 11 is 0. The molecule has 1 N–H and O–H groups in total. The van der Waals surface area contributed by atoms with E-state index < -0.39 is 27.4 Å². The van der Waals surface area contributed by atoms with Crippen molar-refractivity contribution in [2.24, 2.45) is 5.41 Å². The lowest BCUT2D eigenvalue weighted by Gasteiger charge is -2.47. The minimum absolute atomic E-state index is 0.0388. The summed E-state index contributed by atoms with van der Waals surface area (Å²) in [6, 6.07) is 14.8. The van der Waals surface area contributed by atoms with E-state index in [0.717, 1.165) is 21.6 Å². The maximum Gasteiger partial charge on any atom is 0.471 e. The molecule has 1 saturated heterocycles. The molecule has 0 aromatic heterocycles. The maximum absolute atomic E-state index is 14.0. The molecule has 1 amide bonds. The Hall–Kier alpha value is -2.98. The number of nitrogens with one attached hydrogen (secondary N) is 1. The molecule has 1 aliphatic carbocycles. The van der Waals surface area contributed by atoms with E-state index in [1.165, 1.54) is 6.07 Å². The number of piperidine rings is 1. The van der Waals surface area contributed by atoms with Crippen LogP contribution < -0.4 is 0 Å². The number of alkyl halides is 3. The van der Waals surface area contributed by atoms with Gasteiger partial charge < -0.3 is 4.90 Å². The van der Waals surface area contributed by atoms with Crippen molar-refractivity contribution in [3.8, 4) is 0 Å². The summed E-state index contributed by atoms with van der Waals surface area (Å²) in [5.41, 5.74) is 3.00. The molecule has 2 heterocycles. The number of benzene rings is 2. The highest BCUT2D eigenvalue weighted by molar-refractivity contribution is 7.90. The number of allylic oxidation sites excluding steroid dienone is 1. The molecule has 6 nitrogen and oxygen atoms in total. The van der Waals surface area contributed by atoms with Crippen molar-refractivity contribution in [2.75, 3.05) is 19.6 Å². The van der Waals surface area contributed by atoms with Crippen LogP contribution in [0.15, 0.2) is 65.1 Å². The van der Waals surface area contributed by atoms with E-state index in [4.69, 9.17) is 4.78 Å². The minimum Gasteiger partial charge on any atom is -0.330 e. The zero-order valence-electron chi connectivity index (χ0n) is 20.2. The third-order valence-electron chi connectivity index (χ3n) is 7.76. The van der Waals surface area contributed by atoms with Crippen molar-refractivity contribution >= 4 is 21.6 Å². The first-order valence-corrected chi connectivity index (χ1v) is 13.8. The molecule has 2 unspecified atom stereocenters. The number of hydrogen-bond donors (Lipinski definition) is 1. The SMILES string of the molecule is N=S(=O)(c1ccc2c(c1)CN(C(=O)C(F)(F)F)CC2)N1CCC2=CC(=O)CCC2(Cc2ccccc2)C1. The number of rotatable bonds is 4. The Balaban J connectivity index is 1.43. The average molecular weight is 532 g/mol. The first-order chi connectivity index (χ1) is 17.5. The molecule has 3 aliphatic rings. The molecular formula is C27H28F3N3O3S. The van der Waals surface area contributed by atoms with Crippen molar-refractivity contribution in [1.29, 1.82) is 4.78 Å². The van der Waals surface area contributed by atoms with Crippen molar-refractivity contribution in [2.45, 2.75) is 49.7 Å². The number of fused-ring (bicyclic) bond motifs is 2. The Kier molecular flexibility index (Phi) is 6.52. The van der Waals surface area contributed by atoms with Crippen molar-refractivity contribution in [3.63, 3.8) is 0 Å². The fraction of sp³-hybridized carbons (Fsp3) is 0.407. The fourth-order valence-corrected chi connectivity index (χ4v) is 7.42. The summed E-state index contributed by atoms with van der Waals surface area (Å²) in [4.78, 5) is 25.0. The molecule has 2 aromatic rings. The smallest absolute Gasteiger partial charge is 0.330 e. The molecular weight excluding hydrogens is 503 g/mol. The Labute approximate surface area is 214 Å². The van der Waals surface area contributed by atoms with Crippen LogP contribution in [-0.2, 0) is 38.9 Å². The molecule has 2 aromatic carbocycles. The lowest BCUT2D eigenvalue weighted by atomic mass is 9.66. The molecule has 5 rings (SSSR count). The van der Waals surface area contributed by atoms with Gasteiger partial charge in [0.1, 0.15) is 9.92 Å². The lowest BCUT2D eigenvalue weighted by molar-refractivity contribution is -0.186. The Bertz CT molecular complexity index is 1370. The van der Waals surface area contributed by atoms with Crippen LogP contribution in [0.1, 0.15) is 36.0 Å². The summed E-state index contributed by atoms with van der Waals surface area (Å²) in [5, 5.41) is 0. The van der Waals surface area contributed by atoms with Gasteiger partial charge in [0.15, 0.2) is 5.78 Å². The van der Waals surface area contributed by atoms with Crippen LogP contribution in [0.3, 0.4) is 0 Å². The van der Waals surface area contributed by atoms with E-state index in [2.05, 4.69) is 0 Å². The van der Waals surface area contributed by atoms with Gasteiger partial charge in [-0.1, -0.05) is 42.0 Å². The van der Waals surface area contributed by atoms with Gasteiger partial charge in [0, 0.05) is 38.0 Å². The van der Waals surface area contributed by atoms with Crippen LogP contribution in [-0.4, -0.2) is 50.9 Å². The number of carbonyl (C=O) groups is 2. The van der Waals surface area contributed by atoms with Gasteiger partial charge in [0.2, 0.25) is 0 Å². The number of halogens is 3. The Morgan fingerprint density at radius 1 is 1.03 bits per heavy atom. The van der Waals surface area contributed by atoms with E-state index >= 15 is 0 Å². The summed E-state index contributed by atoms with van der Waals surface area (Å²) < 4.78 is 63.5. The van der Waals surface area contributed by atoms with Gasteiger partial charge in [0.05, 0.1) is 4.90 Å². The molecule has 196 valence electrons. The number of ketones is 1. The van der Waals surface area contributed by atoms with Gasteiger partial charge in [-0.15, -0.1) is 0 Å². The first kappa shape index (κ1) is 25.7. The Morgan fingerprint density at radius 2 is 1.78 bits per heavy atom. The topological polar surface area (TPSA) is 81.5 Å². The molecule has 0 spiro atoms. The third-order valence-corrected chi connectivity index (χ3v) is 9.70. The summed E-state index contributed by atoms with van der Waals surface area (Å²) in [6.07, 6.45) is -0.775. The van der Waals surface area contributed by atoms with E-state index in [1.807, 2.05) is 30.3 Å². The monoisotopic (exact) mass is 531 g/mol. The van der Waals surface area contributed by atoms with Gasteiger partial charge in [-0.2, -0.15) is 13.2 Å². The largest absolute Gasteiger partial charge is 0.471 e. The summed E-state index contributed by atoms with van der Waals surface area (Å²) in [7, 11) is -3.46. The van der Waals surface area contributed by atoms with Gasteiger partial charge in [-0.25, -0.2) is 13.3 Å². The second-order valence-corrected chi connectivity index (χ2v) is 12.2. The number of carbonyl (C=O) groups excluding carboxylic acids is 2. The average Bonchev–Trinajstić information content (AvgIpc) is 2.87. The first-order valence-electron chi connectivity index (χ1n) is 12.3. The molecule has 2 aliphatic heterocycles. The molecule has 1 fully saturated rings. The fourth-order valence-electron chi connectivity index (χ4n) is 5.79. The van der Waals surface area contributed by atoms with Crippen LogP contribution >= 0.6 is 0 Å². The van der Waals surface area contributed by atoms with Gasteiger partial charge in [-0.05, 0) is 60.6 Å². The number of nitrogens with zero attached hydrogens (tertiary/aromatic N) is 2. The van der Waals surface area contributed by atoms with Crippen LogP contribution in [0, 0.1) is 10.2 Å². The molecule has 0 bridgehead atoms. The second kappa shape index (κ2) is 9.40. The third kappa shape index (κ3) is 4.96. The number of amides is 1. The van der Waals surface area contributed by atoms with Crippen molar-refractivity contribution < 1.29 is 27.0 Å². The van der Waals surface area contributed by atoms with Crippen LogP contribution in [0.2, 0.25) is 0 Å². The summed E-state index contributed by atoms with van der Waals surface area (Å²) in [5.74, 6) is -1.80. The van der Waals surface area contributed by atoms with E-state index in [9.17, 15) is 27.0 Å². The van der Waals surface area contributed by atoms with Gasteiger partial charge >= 0.3 is 12.1 Å². The quantitative estimate of drug-likeness (QED) is 0.622. The highest BCUT2D eigenvalue weighted by Gasteiger charge is 2.45. The van der Waals surface area contributed by atoms with E-state index in [0.29, 0.717) is 44.3 Å². The number of hydrogen-bond acceptors (Lipinski definition) is 4. The van der Waals surface area contributed by atoms with Crippen LogP contribution in [0.25, 0.3) is 0 Å². The highest BCUT2D eigenvalue weighted by atomic mass is 32.2. The Morgan fingerprint density at radius 3 is 2.51 bits per heavy atom. The highest BCUT2D eigenvalue weighted by Crippen LogP contribution is 2.46. The molecule has 2 atom stereocenters. The van der Waals surface area contributed by atoms with Crippen molar-refractivity contribution in [1.82, 2.24) is 9.21 Å². The molecule has 10 heteroatoms. The lowest BCUT2D eigenvalue weighted by Crippen LogP contribution is -2.49. The zero-order chi connectivity index (χ0) is 26.4. The van der Waals surface area contributed by atoms with E-state index in [-0.39, 0.29) is 30.2 Å². The standard InChI is InChI=1S/C27H28F3N3O3S/c28-27(29,30)25(35)32-12-9-20-6-7-24(14-21(20)17-32)37(31,36)33-13-10-22-15-23(34)8-11-26(22,18-33)16-19-4-2-1-3-5-19/h1-7,14-15,31H,8-13,16-18H2. The predicted molar refractivity (Wildman–Crippen MR) is 132 cm³/mol. The minimum atomic E-state index is -4.95. The molecule has 37 heavy (non-hydrogen) atoms. The van der Waals surface area contributed by atoms with Gasteiger partial charge in [-0.3, -0.25) is 9.59 Å². The maximum atomic E-state index is 14.0. The van der Waals surface area contributed by atoms with Crippen LogP contribution in [0.4, 0.5) is 13.2 Å². The predicted octanol–water partition coefficient (Wildman–Crippen LogP) is 4.68. The van der Waals surface area contributed by atoms with Crippen molar-refractivity contribution in [3.05, 3.63) is 76.9 Å².